The molecule has 2 amide bonds. The zero-order valence-corrected chi connectivity index (χ0v) is 12.2. The van der Waals surface area contributed by atoms with Gasteiger partial charge in [0.15, 0.2) is 6.04 Å². The maximum absolute atomic E-state index is 11.6. The summed E-state index contributed by atoms with van der Waals surface area (Å²) >= 11 is 1.29. The lowest BCUT2D eigenvalue weighted by molar-refractivity contribution is -0.139. The van der Waals surface area contributed by atoms with Gasteiger partial charge in [-0.15, -0.1) is 11.3 Å². The lowest BCUT2D eigenvalue weighted by Gasteiger charge is -2.13. The smallest absolute Gasteiger partial charge is 0.331 e. The van der Waals surface area contributed by atoms with Gasteiger partial charge >= 0.3 is 12.0 Å². The molecule has 0 aromatic carbocycles. The van der Waals surface area contributed by atoms with Crippen molar-refractivity contribution in [2.75, 3.05) is 19.8 Å². The Morgan fingerprint density at radius 1 is 1.45 bits per heavy atom. The number of ether oxygens (including phenoxy) is 1. The molecule has 112 valence electrons. The van der Waals surface area contributed by atoms with Gasteiger partial charge in [-0.3, -0.25) is 0 Å². The average Bonchev–Trinajstić information content (AvgIpc) is 2.93. The molecule has 3 N–H and O–H groups in total. The monoisotopic (exact) mass is 300 g/mol. The molecular formula is C13H20N2O4S. The highest BCUT2D eigenvalue weighted by Gasteiger charge is 2.22. The molecule has 6 nitrogen and oxygen atoms in total. The Morgan fingerprint density at radius 2 is 2.25 bits per heavy atom. The van der Waals surface area contributed by atoms with Gasteiger partial charge in [0.1, 0.15) is 0 Å². The van der Waals surface area contributed by atoms with E-state index < -0.39 is 18.0 Å². The molecule has 0 fully saturated rings. The Morgan fingerprint density at radius 3 is 2.85 bits per heavy atom. The third-order valence-electron chi connectivity index (χ3n) is 2.52. The van der Waals surface area contributed by atoms with Crippen molar-refractivity contribution in [1.82, 2.24) is 10.6 Å². The van der Waals surface area contributed by atoms with Crippen LogP contribution in [0.4, 0.5) is 4.79 Å². The molecule has 1 heterocycles. The van der Waals surface area contributed by atoms with Crippen LogP contribution in [0.25, 0.3) is 0 Å². The fourth-order valence-electron chi connectivity index (χ4n) is 1.48. The van der Waals surface area contributed by atoms with Crippen molar-refractivity contribution in [2.45, 2.75) is 25.8 Å². The lowest BCUT2D eigenvalue weighted by atomic mass is 10.2. The van der Waals surface area contributed by atoms with E-state index in [4.69, 9.17) is 9.84 Å². The number of carbonyl (C=O) groups is 2. The van der Waals surface area contributed by atoms with Crippen molar-refractivity contribution >= 4 is 23.3 Å². The molecule has 0 aliphatic carbocycles. The van der Waals surface area contributed by atoms with Gasteiger partial charge in [-0.05, 0) is 17.9 Å². The van der Waals surface area contributed by atoms with Gasteiger partial charge in [-0.2, -0.15) is 0 Å². The Kier molecular flexibility index (Phi) is 7.67. The van der Waals surface area contributed by atoms with E-state index in [1.807, 2.05) is 0 Å². The van der Waals surface area contributed by atoms with Crippen LogP contribution in [0.3, 0.4) is 0 Å². The third kappa shape index (κ3) is 6.03. The van der Waals surface area contributed by atoms with Crippen LogP contribution in [0.1, 0.15) is 30.7 Å². The van der Waals surface area contributed by atoms with Crippen LogP contribution in [0.2, 0.25) is 0 Å². The van der Waals surface area contributed by atoms with Gasteiger partial charge < -0.3 is 20.5 Å². The van der Waals surface area contributed by atoms with E-state index in [0.717, 1.165) is 12.8 Å². The molecule has 1 aromatic heterocycles. The first kappa shape index (κ1) is 16.5. The summed E-state index contributed by atoms with van der Waals surface area (Å²) in [4.78, 5) is 23.3. The molecule has 0 aliphatic heterocycles. The predicted octanol–water partition coefficient (Wildman–Crippen LogP) is 1.99. The van der Waals surface area contributed by atoms with E-state index in [2.05, 4.69) is 17.6 Å². The third-order valence-corrected chi connectivity index (χ3v) is 3.46. The van der Waals surface area contributed by atoms with E-state index in [0.29, 0.717) is 24.6 Å². The number of carboxylic acids is 1. The number of carboxylic acid groups (broad SMARTS) is 1. The number of urea groups is 1. The molecule has 20 heavy (non-hydrogen) atoms. The minimum Gasteiger partial charge on any atom is -0.479 e. The highest BCUT2D eigenvalue weighted by atomic mass is 32.1. The number of hydrogen-bond donors (Lipinski definition) is 3. The van der Waals surface area contributed by atoms with Crippen molar-refractivity contribution in [2.24, 2.45) is 0 Å². The van der Waals surface area contributed by atoms with E-state index in [1.54, 1.807) is 17.5 Å². The number of thiophene rings is 1. The van der Waals surface area contributed by atoms with Gasteiger partial charge in [0.25, 0.3) is 0 Å². The minimum atomic E-state index is -1.08. The zero-order valence-electron chi connectivity index (χ0n) is 11.4. The van der Waals surface area contributed by atoms with Gasteiger partial charge in [0.05, 0.1) is 6.61 Å². The molecule has 0 bridgehead atoms. The van der Waals surface area contributed by atoms with Gasteiger partial charge in [-0.25, -0.2) is 9.59 Å². The standard InChI is InChI=1S/C13H20N2O4S/c1-2-3-7-19-8-6-14-13(18)15-11(12(16)17)10-5-4-9-20-10/h4-5,9,11H,2-3,6-8H2,1H3,(H,16,17)(H2,14,15,18). The van der Waals surface area contributed by atoms with Crippen LogP contribution in [0, 0.1) is 0 Å². The van der Waals surface area contributed by atoms with Crippen molar-refractivity contribution in [3.8, 4) is 0 Å². The Bertz CT molecular complexity index is 409. The number of amides is 2. The van der Waals surface area contributed by atoms with Crippen LogP contribution in [-0.2, 0) is 9.53 Å². The summed E-state index contributed by atoms with van der Waals surface area (Å²) in [5.74, 6) is -1.08. The van der Waals surface area contributed by atoms with E-state index in [-0.39, 0.29) is 0 Å². The molecule has 7 heteroatoms. The van der Waals surface area contributed by atoms with Crippen LogP contribution >= 0.6 is 11.3 Å². The molecule has 1 unspecified atom stereocenters. The summed E-state index contributed by atoms with van der Waals surface area (Å²) in [6.07, 6.45) is 2.06. The normalized spacial score (nSPS) is 11.8. The summed E-state index contributed by atoms with van der Waals surface area (Å²) in [5, 5.41) is 15.9. The molecule has 0 aliphatic rings. The summed E-state index contributed by atoms with van der Waals surface area (Å²) < 4.78 is 5.29. The van der Waals surface area contributed by atoms with Gasteiger partial charge in [0.2, 0.25) is 0 Å². The molecule has 0 saturated heterocycles. The molecule has 0 radical (unpaired) electrons. The van der Waals surface area contributed by atoms with Crippen molar-refractivity contribution < 1.29 is 19.4 Å². The highest BCUT2D eigenvalue weighted by molar-refractivity contribution is 7.10. The topological polar surface area (TPSA) is 87.7 Å². The predicted molar refractivity (Wildman–Crippen MR) is 77.0 cm³/mol. The zero-order chi connectivity index (χ0) is 14.8. The number of carbonyl (C=O) groups excluding carboxylic acids is 1. The second-order valence-electron chi connectivity index (χ2n) is 4.15. The minimum absolute atomic E-state index is 0.353. The maximum Gasteiger partial charge on any atom is 0.331 e. The second kappa shape index (κ2) is 9.33. The molecule has 1 rings (SSSR count). The lowest BCUT2D eigenvalue weighted by Crippen LogP contribution is -2.41. The summed E-state index contributed by atoms with van der Waals surface area (Å²) in [5.41, 5.74) is 0. The van der Waals surface area contributed by atoms with Crippen LogP contribution in [0.5, 0.6) is 0 Å². The van der Waals surface area contributed by atoms with Crippen LogP contribution < -0.4 is 10.6 Å². The Balaban J connectivity index is 2.27. The van der Waals surface area contributed by atoms with Gasteiger partial charge in [0, 0.05) is 18.0 Å². The SMILES string of the molecule is CCCCOCCNC(=O)NC(C(=O)O)c1cccs1. The first-order valence-electron chi connectivity index (χ1n) is 6.53. The van der Waals surface area contributed by atoms with E-state index in [1.165, 1.54) is 11.3 Å². The molecule has 0 saturated carbocycles. The molecule has 1 aromatic rings. The average molecular weight is 300 g/mol. The first-order chi connectivity index (χ1) is 9.65. The van der Waals surface area contributed by atoms with Crippen LogP contribution in [-0.4, -0.2) is 36.9 Å². The van der Waals surface area contributed by atoms with Gasteiger partial charge in [-0.1, -0.05) is 19.4 Å². The number of rotatable bonds is 9. The molecule has 1 atom stereocenters. The fourth-order valence-corrected chi connectivity index (χ4v) is 2.24. The Labute approximate surface area is 122 Å². The summed E-state index contributed by atoms with van der Waals surface area (Å²) in [7, 11) is 0. The summed E-state index contributed by atoms with van der Waals surface area (Å²) in [6.45, 7) is 3.52. The Hall–Kier alpha value is -1.60. The van der Waals surface area contributed by atoms with Crippen molar-refractivity contribution in [3.63, 3.8) is 0 Å². The molecule has 0 spiro atoms. The quantitative estimate of drug-likeness (QED) is 0.609. The largest absolute Gasteiger partial charge is 0.479 e. The first-order valence-corrected chi connectivity index (χ1v) is 7.41. The van der Waals surface area contributed by atoms with E-state index >= 15 is 0 Å². The number of unbranched alkanes of at least 4 members (excludes halogenated alkanes) is 1. The maximum atomic E-state index is 11.6. The summed E-state index contributed by atoms with van der Waals surface area (Å²) in [6, 6.07) is 1.90. The van der Waals surface area contributed by atoms with E-state index in [9.17, 15) is 9.59 Å². The number of nitrogens with one attached hydrogen (secondary N) is 2. The number of hydrogen-bond acceptors (Lipinski definition) is 4. The highest BCUT2D eigenvalue weighted by Crippen LogP contribution is 2.18. The second-order valence-corrected chi connectivity index (χ2v) is 5.13. The van der Waals surface area contributed by atoms with Crippen LogP contribution in [0.15, 0.2) is 17.5 Å². The molecular weight excluding hydrogens is 280 g/mol. The number of aliphatic carboxylic acids is 1. The van der Waals surface area contributed by atoms with Crippen molar-refractivity contribution in [3.05, 3.63) is 22.4 Å². The van der Waals surface area contributed by atoms with Crippen molar-refractivity contribution in [1.29, 1.82) is 0 Å². The fraction of sp³-hybridized carbons (Fsp3) is 0.538.